The van der Waals surface area contributed by atoms with Crippen LogP contribution in [-0.2, 0) is 9.59 Å². The van der Waals surface area contributed by atoms with E-state index in [1.807, 2.05) is 4.90 Å². The maximum Gasteiger partial charge on any atom is 0.226 e. The van der Waals surface area contributed by atoms with Crippen molar-refractivity contribution in [3.8, 4) is 0 Å². The zero-order valence-electron chi connectivity index (χ0n) is 11.9. The summed E-state index contributed by atoms with van der Waals surface area (Å²) in [5, 5.41) is 11.2. The Morgan fingerprint density at radius 2 is 1.42 bits per heavy atom. The van der Waals surface area contributed by atoms with E-state index in [0.717, 1.165) is 32.1 Å². The van der Waals surface area contributed by atoms with E-state index in [9.17, 15) is 14.7 Å². The molecule has 1 saturated carbocycles. The highest BCUT2D eigenvalue weighted by Gasteiger charge is 2.38. The fourth-order valence-corrected chi connectivity index (χ4v) is 3.76. The molecule has 0 unspecified atom stereocenters. The summed E-state index contributed by atoms with van der Waals surface area (Å²) < 4.78 is 0. The summed E-state index contributed by atoms with van der Waals surface area (Å²) >= 11 is 0. The number of aliphatic carboxylic acids is 1. The molecule has 4 nitrogen and oxygen atoms in total. The molecule has 108 valence electrons. The second-order valence-electron chi connectivity index (χ2n) is 6.19. The molecule has 19 heavy (non-hydrogen) atoms. The van der Waals surface area contributed by atoms with E-state index in [1.54, 1.807) is 0 Å². The van der Waals surface area contributed by atoms with Crippen molar-refractivity contribution in [3.63, 3.8) is 0 Å². The maximum absolute atomic E-state index is 12.7. The first-order valence-electron chi connectivity index (χ1n) is 7.55. The molecule has 0 bridgehead atoms. The third-order valence-corrected chi connectivity index (χ3v) is 4.83. The molecule has 2 aliphatic rings. The monoisotopic (exact) mass is 266 g/mol. The van der Waals surface area contributed by atoms with Gasteiger partial charge in [-0.3, -0.25) is 4.79 Å². The first-order chi connectivity index (χ1) is 9.02. The first kappa shape index (κ1) is 14.4. The van der Waals surface area contributed by atoms with Crippen LogP contribution in [0.1, 0.15) is 58.8 Å². The molecule has 0 radical (unpaired) electrons. The Labute approximate surface area is 115 Å². The van der Waals surface area contributed by atoms with Crippen LogP contribution in [0.5, 0.6) is 0 Å². The lowest BCUT2D eigenvalue weighted by atomic mass is 9.77. The molecule has 4 atom stereocenters. The van der Waals surface area contributed by atoms with Gasteiger partial charge in [0.2, 0.25) is 5.91 Å². The molecule has 1 heterocycles. The molecule has 0 aromatic carbocycles. The number of likely N-dealkylation sites (tertiary alicyclic amines) is 1. The highest BCUT2D eigenvalue weighted by molar-refractivity contribution is 5.84. The number of amides is 1. The van der Waals surface area contributed by atoms with E-state index < -0.39 is 11.9 Å². The van der Waals surface area contributed by atoms with Gasteiger partial charge in [0.1, 0.15) is 0 Å². The highest BCUT2D eigenvalue weighted by atomic mass is 16.4. The van der Waals surface area contributed by atoms with Crippen LogP contribution in [0.15, 0.2) is 0 Å². The van der Waals surface area contributed by atoms with Gasteiger partial charge in [0.05, 0.1) is 0 Å². The summed E-state index contributed by atoms with van der Waals surface area (Å²) in [6, 6.07) is 0.473. The quantitative estimate of drug-likeness (QED) is 0.757. The molecule has 0 aromatic heterocycles. The smallest absolute Gasteiger partial charge is 0.226 e. The van der Waals surface area contributed by atoms with Crippen LogP contribution in [0, 0.1) is 11.8 Å². The van der Waals surface area contributed by atoms with Gasteiger partial charge in [-0.25, -0.2) is 0 Å². The fourth-order valence-electron chi connectivity index (χ4n) is 3.76. The normalized spacial score (nSPS) is 36.0. The molecule has 1 amide bonds. The number of carboxylic acids is 1. The van der Waals surface area contributed by atoms with E-state index in [4.69, 9.17) is 0 Å². The second-order valence-corrected chi connectivity index (χ2v) is 6.19. The topological polar surface area (TPSA) is 60.4 Å². The van der Waals surface area contributed by atoms with Crippen LogP contribution in [0.3, 0.4) is 0 Å². The van der Waals surface area contributed by atoms with E-state index in [2.05, 4.69) is 13.8 Å². The molecule has 1 aliphatic carbocycles. The lowest BCUT2D eigenvalue weighted by Crippen LogP contribution is -2.53. The summed E-state index contributed by atoms with van der Waals surface area (Å²) in [4.78, 5) is 25.9. The van der Waals surface area contributed by atoms with Crippen LogP contribution in [-0.4, -0.2) is 28.9 Å². The van der Waals surface area contributed by atoms with E-state index >= 15 is 0 Å². The largest absolute Gasteiger partial charge is 0.550 e. The van der Waals surface area contributed by atoms with Crippen molar-refractivity contribution < 1.29 is 14.7 Å². The number of carboxylic acid groups (broad SMARTS) is 1. The Morgan fingerprint density at radius 1 is 0.895 bits per heavy atom. The van der Waals surface area contributed by atoms with Gasteiger partial charge in [0.25, 0.3) is 0 Å². The molecule has 0 aromatic rings. The van der Waals surface area contributed by atoms with Crippen LogP contribution in [0.2, 0.25) is 0 Å². The van der Waals surface area contributed by atoms with Crippen molar-refractivity contribution in [1.29, 1.82) is 0 Å². The Balaban J connectivity index is 2.14. The minimum absolute atomic E-state index is 0.0496. The van der Waals surface area contributed by atoms with Crippen molar-refractivity contribution in [2.45, 2.75) is 70.9 Å². The lowest BCUT2D eigenvalue weighted by molar-refractivity contribution is -0.314. The summed E-state index contributed by atoms with van der Waals surface area (Å²) in [6.45, 7) is 4.15. The molecule has 1 saturated heterocycles. The van der Waals surface area contributed by atoms with Crippen molar-refractivity contribution >= 4 is 11.9 Å². The van der Waals surface area contributed by atoms with Gasteiger partial charge >= 0.3 is 0 Å². The molecule has 0 spiro atoms. The second kappa shape index (κ2) is 5.93. The van der Waals surface area contributed by atoms with Crippen LogP contribution >= 0.6 is 0 Å². The molecule has 2 fully saturated rings. The Kier molecular flexibility index (Phi) is 4.48. The standard InChI is InChI=1S/C15H25NO3/c1-10-6-5-7-11(2)16(10)14(17)12-8-3-4-9-13(12)15(18)19/h10-13H,3-9H2,1-2H3,(H,18,19)/p-1/t10-,11-,12+,13-/m0/s1. The van der Waals surface area contributed by atoms with Gasteiger partial charge < -0.3 is 14.8 Å². The number of hydrogen-bond acceptors (Lipinski definition) is 3. The van der Waals surface area contributed by atoms with Gasteiger partial charge in [0, 0.05) is 29.9 Å². The van der Waals surface area contributed by atoms with Gasteiger partial charge in [-0.1, -0.05) is 12.8 Å². The van der Waals surface area contributed by atoms with Gasteiger partial charge in [-0.2, -0.15) is 0 Å². The lowest BCUT2D eigenvalue weighted by Gasteiger charge is -2.43. The Bertz CT molecular complexity index is 345. The third kappa shape index (κ3) is 2.93. The zero-order chi connectivity index (χ0) is 14.0. The summed E-state index contributed by atoms with van der Waals surface area (Å²) in [6.07, 6.45) is 6.35. The third-order valence-electron chi connectivity index (χ3n) is 4.83. The fraction of sp³-hybridized carbons (Fsp3) is 0.867. The number of carbonyl (C=O) groups is 2. The minimum atomic E-state index is -1.05. The summed E-state index contributed by atoms with van der Waals surface area (Å²) in [5.74, 6) is -1.94. The summed E-state index contributed by atoms with van der Waals surface area (Å²) in [5.41, 5.74) is 0. The average molecular weight is 266 g/mol. The first-order valence-corrected chi connectivity index (χ1v) is 7.55. The Morgan fingerprint density at radius 3 is 1.95 bits per heavy atom. The number of hydrogen-bond donors (Lipinski definition) is 0. The highest BCUT2D eigenvalue weighted by Crippen LogP contribution is 2.34. The van der Waals surface area contributed by atoms with Crippen LogP contribution < -0.4 is 5.11 Å². The predicted octanol–water partition coefficient (Wildman–Crippen LogP) is 1.33. The van der Waals surface area contributed by atoms with Gasteiger partial charge in [0.15, 0.2) is 0 Å². The molecule has 4 heteroatoms. The number of piperidine rings is 1. The number of rotatable bonds is 2. The van der Waals surface area contributed by atoms with Crippen LogP contribution in [0.25, 0.3) is 0 Å². The molecule has 2 rings (SSSR count). The van der Waals surface area contributed by atoms with E-state index in [-0.39, 0.29) is 23.9 Å². The molecule has 0 N–H and O–H groups in total. The van der Waals surface area contributed by atoms with E-state index in [0.29, 0.717) is 12.8 Å². The van der Waals surface area contributed by atoms with Crippen molar-refractivity contribution in [2.24, 2.45) is 11.8 Å². The predicted molar refractivity (Wildman–Crippen MR) is 70.1 cm³/mol. The van der Waals surface area contributed by atoms with E-state index in [1.165, 1.54) is 0 Å². The van der Waals surface area contributed by atoms with Gasteiger partial charge in [-0.15, -0.1) is 0 Å². The molecule has 1 aliphatic heterocycles. The summed E-state index contributed by atoms with van der Waals surface area (Å²) in [7, 11) is 0. The SMILES string of the molecule is C[C@H]1CCC[C@H](C)N1C(=O)[C@@H]1CCCC[C@@H]1C(=O)[O-]. The van der Waals surface area contributed by atoms with Crippen molar-refractivity contribution in [3.05, 3.63) is 0 Å². The maximum atomic E-state index is 12.7. The Hall–Kier alpha value is -1.06. The van der Waals surface area contributed by atoms with Crippen molar-refractivity contribution in [1.82, 2.24) is 4.90 Å². The molecular weight excluding hydrogens is 242 g/mol. The number of carbonyl (C=O) groups excluding carboxylic acids is 2. The van der Waals surface area contributed by atoms with Gasteiger partial charge in [-0.05, 0) is 46.0 Å². The van der Waals surface area contributed by atoms with Crippen molar-refractivity contribution in [2.75, 3.05) is 0 Å². The zero-order valence-corrected chi connectivity index (χ0v) is 11.9. The number of nitrogens with zero attached hydrogens (tertiary/aromatic N) is 1. The average Bonchev–Trinajstić information content (AvgIpc) is 2.38. The molecular formula is C15H24NO3-. The minimum Gasteiger partial charge on any atom is -0.550 e. The van der Waals surface area contributed by atoms with Crippen LogP contribution in [0.4, 0.5) is 0 Å².